The van der Waals surface area contributed by atoms with Gasteiger partial charge in [-0.2, -0.15) is 0 Å². The van der Waals surface area contributed by atoms with Crippen molar-refractivity contribution in [2.24, 2.45) is 0 Å². The zero-order valence-corrected chi connectivity index (χ0v) is 12.9. The highest BCUT2D eigenvalue weighted by Crippen LogP contribution is 2.35. The molecule has 124 valence electrons. The van der Waals surface area contributed by atoms with Crippen LogP contribution < -0.4 is 19.5 Å². The van der Waals surface area contributed by atoms with Crippen LogP contribution in [0.5, 0.6) is 17.2 Å². The van der Waals surface area contributed by atoms with Gasteiger partial charge in [0.25, 0.3) is 11.6 Å². The smallest absolute Gasteiger partial charge is 0.271 e. The zero-order chi connectivity index (χ0) is 17.1. The van der Waals surface area contributed by atoms with E-state index in [1.165, 1.54) is 18.2 Å². The van der Waals surface area contributed by atoms with Gasteiger partial charge in [0, 0.05) is 18.2 Å². The minimum absolute atomic E-state index is 0.143. The molecule has 0 bridgehead atoms. The molecule has 3 rings (SSSR count). The first kappa shape index (κ1) is 15.9. The number of fused-ring (bicyclic) bond motifs is 1. The largest absolute Gasteiger partial charge is 0.484 e. The van der Waals surface area contributed by atoms with Crippen LogP contribution in [-0.4, -0.2) is 24.2 Å². The van der Waals surface area contributed by atoms with Gasteiger partial charge in [0.15, 0.2) is 18.1 Å². The number of ether oxygens (including phenoxy) is 3. The Morgan fingerprint density at radius 3 is 2.83 bits per heavy atom. The number of amides is 1. The quantitative estimate of drug-likeness (QED) is 0.657. The van der Waals surface area contributed by atoms with E-state index in [4.69, 9.17) is 25.8 Å². The molecule has 1 amide bonds. The van der Waals surface area contributed by atoms with Gasteiger partial charge in [0.05, 0.1) is 15.6 Å². The van der Waals surface area contributed by atoms with Crippen molar-refractivity contribution < 1.29 is 23.9 Å². The fourth-order valence-electron chi connectivity index (χ4n) is 2.02. The van der Waals surface area contributed by atoms with Gasteiger partial charge in [-0.25, -0.2) is 0 Å². The molecule has 9 heteroatoms. The lowest BCUT2D eigenvalue weighted by Gasteiger charge is -2.09. The van der Waals surface area contributed by atoms with Crippen LogP contribution in [0.3, 0.4) is 0 Å². The molecule has 1 heterocycles. The molecule has 1 aliphatic rings. The summed E-state index contributed by atoms with van der Waals surface area (Å²) >= 11 is 5.92. The zero-order valence-electron chi connectivity index (χ0n) is 12.2. The van der Waals surface area contributed by atoms with Crippen molar-refractivity contribution in [1.82, 2.24) is 0 Å². The second-order valence-electron chi connectivity index (χ2n) is 4.77. The number of hydrogen-bond acceptors (Lipinski definition) is 6. The average Bonchev–Trinajstić information content (AvgIpc) is 3.02. The first-order valence-corrected chi connectivity index (χ1v) is 7.17. The number of nitro groups is 1. The summed E-state index contributed by atoms with van der Waals surface area (Å²) in [5, 5.41) is 13.4. The Kier molecular flexibility index (Phi) is 4.39. The van der Waals surface area contributed by atoms with Gasteiger partial charge in [-0.15, -0.1) is 0 Å². The van der Waals surface area contributed by atoms with Crippen molar-refractivity contribution in [3.8, 4) is 17.2 Å². The van der Waals surface area contributed by atoms with Crippen LogP contribution >= 0.6 is 11.6 Å². The van der Waals surface area contributed by atoms with E-state index < -0.39 is 10.8 Å². The normalized spacial score (nSPS) is 11.9. The number of carbonyl (C=O) groups is 1. The number of carbonyl (C=O) groups excluding carboxylic acids is 1. The van der Waals surface area contributed by atoms with E-state index in [2.05, 4.69) is 5.32 Å². The summed E-state index contributed by atoms with van der Waals surface area (Å²) in [6.45, 7) is -0.150. The molecule has 0 saturated heterocycles. The number of nitrogens with one attached hydrogen (secondary N) is 1. The molecule has 0 saturated carbocycles. The van der Waals surface area contributed by atoms with Crippen molar-refractivity contribution >= 4 is 28.9 Å². The summed E-state index contributed by atoms with van der Waals surface area (Å²) in [7, 11) is 0. The van der Waals surface area contributed by atoms with E-state index in [1.807, 2.05) is 0 Å². The average molecular weight is 351 g/mol. The van der Waals surface area contributed by atoms with Gasteiger partial charge < -0.3 is 19.5 Å². The van der Waals surface area contributed by atoms with Gasteiger partial charge in [-0.05, 0) is 18.2 Å². The van der Waals surface area contributed by atoms with E-state index >= 15 is 0 Å². The lowest BCUT2D eigenvalue weighted by Crippen LogP contribution is -2.20. The van der Waals surface area contributed by atoms with E-state index in [0.717, 1.165) is 0 Å². The Morgan fingerprint density at radius 2 is 2.04 bits per heavy atom. The van der Waals surface area contributed by atoms with Crippen LogP contribution in [0, 0.1) is 10.1 Å². The van der Waals surface area contributed by atoms with E-state index in [9.17, 15) is 14.9 Å². The van der Waals surface area contributed by atoms with Crippen LogP contribution in [-0.2, 0) is 4.79 Å². The Balaban J connectivity index is 1.62. The first-order chi connectivity index (χ1) is 11.5. The van der Waals surface area contributed by atoms with Crippen LogP contribution in [0.25, 0.3) is 0 Å². The molecule has 0 atom stereocenters. The second-order valence-corrected chi connectivity index (χ2v) is 5.18. The SMILES string of the molecule is O=C(COc1ccc2c(c1)OCO2)Nc1cc([N+](=O)[O-])ccc1Cl. The third kappa shape index (κ3) is 3.49. The predicted octanol–water partition coefficient (Wildman–Crippen LogP) is 2.99. The summed E-state index contributed by atoms with van der Waals surface area (Å²) in [5.74, 6) is 1.07. The van der Waals surface area contributed by atoms with Crippen LogP contribution in [0.2, 0.25) is 5.02 Å². The summed E-state index contributed by atoms with van der Waals surface area (Å²) in [6, 6.07) is 8.69. The van der Waals surface area contributed by atoms with Gasteiger partial charge in [0.2, 0.25) is 6.79 Å². The third-order valence-electron chi connectivity index (χ3n) is 3.15. The van der Waals surface area contributed by atoms with Crippen LogP contribution in [0.4, 0.5) is 11.4 Å². The topological polar surface area (TPSA) is 99.9 Å². The van der Waals surface area contributed by atoms with Gasteiger partial charge in [0.1, 0.15) is 5.75 Å². The van der Waals surface area contributed by atoms with Gasteiger partial charge in [-0.3, -0.25) is 14.9 Å². The fourth-order valence-corrected chi connectivity index (χ4v) is 2.19. The van der Waals surface area contributed by atoms with Crippen molar-refractivity contribution in [2.45, 2.75) is 0 Å². The molecule has 0 aliphatic carbocycles. The van der Waals surface area contributed by atoms with Gasteiger partial charge >= 0.3 is 0 Å². The van der Waals surface area contributed by atoms with Crippen molar-refractivity contribution in [2.75, 3.05) is 18.7 Å². The van der Waals surface area contributed by atoms with E-state index in [1.54, 1.807) is 18.2 Å². The monoisotopic (exact) mass is 350 g/mol. The number of benzene rings is 2. The number of halogens is 1. The first-order valence-electron chi connectivity index (χ1n) is 6.79. The molecule has 1 N–H and O–H groups in total. The molecule has 0 spiro atoms. The Bertz CT molecular complexity index is 811. The minimum atomic E-state index is -0.574. The molecule has 0 aromatic heterocycles. The molecular weight excluding hydrogens is 340 g/mol. The highest BCUT2D eigenvalue weighted by atomic mass is 35.5. The number of nitrogens with zero attached hydrogens (tertiary/aromatic N) is 1. The standard InChI is InChI=1S/C15H11ClN2O6/c16-11-3-1-9(18(20)21)5-12(11)17-15(19)7-22-10-2-4-13-14(6-10)24-8-23-13/h1-6H,7-8H2,(H,17,19). The van der Waals surface area contributed by atoms with Crippen LogP contribution in [0.1, 0.15) is 0 Å². The van der Waals surface area contributed by atoms with Crippen LogP contribution in [0.15, 0.2) is 36.4 Å². The maximum absolute atomic E-state index is 11.9. The third-order valence-corrected chi connectivity index (χ3v) is 3.48. The van der Waals surface area contributed by atoms with E-state index in [0.29, 0.717) is 17.2 Å². The van der Waals surface area contributed by atoms with E-state index in [-0.39, 0.29) is 29.8 Å². The lowest BCUT2D eigenvalue weighted by molar-refractivity contribution is -0.384. The maximum Gasteiger partial charge on any atom is 0.271 e. The highest BCUT2D eigenvalue weighted by molar-refractivity contribution is 6.33. The summed E-state index contributed by atoms with van der Waals surface area (Å²) < 4.78 is 15.7. The van der Waals surface area contributed by atoms with Gasteiger partial charge in [-0.1, -0.05) is 11.6 Å². The number of non-ortho nitro benzene ring substituents is 1. The molecular formula is C15H11ClN2O6. The molecule has 1 aliphatic heterocycles. The Labute approximate surface area is 141 Å². The molecule has 8 nitrogen and oxygen atoms in total. The Morgan fingerprint density at radius 1 is 1.25 bits per heavy atom. The fraction of sp³-hybridized carbons (Fsp3) is 0.133. The van der Waals surface area contributed by atoms with Crippen molar-refractivity contribution in [1.29, 1.82) is 0 Å². The summed E-state index contributed by atoms with van der Waals surface area (Å²) in [6.07, 6.45) is 0. The summed E-state index contributed by atoms with van der Waals surface area (Å²) in [4.78, 5) is 22.1. The number of rotatable bonds is 5. The summed E-state index contributed by atoms with van der Waals surface area (Å²) in [5.41, 5.74) is -0.0310. The second kappa shape index (κ2) is 6.63. The number of anilines is 1. The van der Waals surface area contributed by atoms with Crippen molar-refractivity contribution in [3.05, 3.63) is 51.5 Å². The lowest BCUT2D eigenvalue weighted by atomic mass is 10.3. The molecule has 0 fully saturated rings. The molecule has 0 radical (unpaired) electrons. The predicted molar refractivity (Wildman–Crippen MR) is 84.8 cm³/mol. The number of nitro benzene ring substituents is 1. The molecule has 2 aromatic carbocycles. The van der Waals surface area contributed by atoms with Crippen molar-refractivity contribution in [3.63, 3.8) is 0 Å². The number of hydrogen-bond donors (Lipinski definition) is 1. The molecule has 2 aromatic rings. The molecule has 0 unspecified atom stereocenters. The Hall–Kier alpha value is -3.00. The minimum Gasteiger partial charge on any atom is -0.484 e. The highest BCUT2D eigenvalue weighted by Gasteiger charge is 2.15. The molecule has 24 heavy (non-hydrogen) atoms. The maximum atomic E-state index is 11.9.